The maximum Gasteiger partial charge on any atom is 0.0459 e. The Labute approximate surface area is 128 Å². The van der Waals surface area contributed by atoms with Gasteiger partial charge in [-0.1, -0.05) is 43.7 Å². The predicted octanol–water partition coefficient (Wildman–Crippen LogP) is 5.87. The van der Waals surface area contributed by atoms with Gasteiger partial charge in [-0.2, -0.15) is 0 Å². The van der Waals surface area contributed by atoms with Crippen molar-refractivity contribution >= 4 is 10.9 Å². The van der Waals surface area contributed by atoms with Crippen LogP contribution in [0.25, 0.3) is 10.9 Å². The Morgan fingerprint density at radius 1 is 1.05 bits per heavy atom. The van der Waals surface area contributed by atoms with Gasteiger partial charge in [0.25, 0.3) is 0 Å². The molecule has 1 N–H and O–H groups in total. The van der Waals surface area contributed by atoms with Gasteiger partial charge < -0.3 is 4.98 Å². The Morgan fingerprint density at radius 3 is 2.76 bits per heavy atom. The molecule has 1 nitrogen and oxygen atoms in total. The molecule has 112 valence electrons. The largest absolute Gasteiger partial charge is 0.358 e. The molecule has 1 aromatic carbocycles. The number of nitrogens with one attached hydrogen (secondary N) is 1. The molecule has 0 bridgehead atoms. The molecule has 1 fully saturated rings. The molecule has 1 aromatic heterocycles. The zero-order valence-electron chi connectivity index (χ0n) is 13.3. The van der Waals surface area contributed by atoms with Gasteiger partial charge in [-0.15, -0.1) is 0 Å². The van der Waals surface area contributed by atoms with Gasteiger partial charge in [0.15, 0.2) is 0 Å². The lowest BCUT2D eigenvalue weighted by molar-refractivity contribution is 0.305. The summed E-state index contributed by atoms with van der Waals surface area (Å²) in [7, 11) is 0. The second-order valence-electron chi connectivity index (χ2n) is 7.40. The Balaban J connectivity index is 1.65. The van der Waals surface area contributed by atoms with E-state index in [9.17, 15) is 0 Å². The first-order valence-electron chi connectivity index (χ1n) is 8.92. The highest BCUT2D eigenvalue weighted by molar-refractivity contribution is 5.85. The Bertz CT molecular complexity index is 631. The van der Waals surface area contributed by atoms with E-state index in [4.69, 9.17) is 0 Å². The molecule has 21 heavy (non-hydrogen) atoms. The minimum Gasteiger partial charge on any atom is -0.358 e. The molecule has 0 radical (unpaired) electrons. The number of hydrogen-bond donors (Lipinski definition) is 1. The number of hydrogen-bond acceptors (Lipinski definition) is 0. The maximum absolute atomic E-state index is 3.78. The van der Waals surface area contributed by atoms with Crippen LogP contribution in [-0.2, 0) is 6.42 Å². The molecule has 4 rings (SSSR count). The lowest BCUT2D eigenvalue weighted by atomic mass is 9.77. The van der Waals surface area contributed by atoms with Gasteiger partial charge in [-0.05, 0) is 62.1 Å². The number of H-pyrrole nitrogens is 1. The molecule has 1 heterocycles. The molecule has 0 amide bonds. The second kappa shape index (κ2) is 5.51. The van der Waals surface area contributed by atoms with Crippen LogP contribution >= 0.6 is 0 Å². The molecule has 1 atom stereocenters. The van der Waals surface area contributed by atoms with Crippen LogP contribution in [0.15, 0.2) is 18.2 Å². The molecule has 0 aliphatic heterocycles. The summed E-state index contributed by atoms with van der Waals surface area (Å²) in [6, 6.07) is 6.90. The van der Waals surface area contributed by atoms with Gasteiger partial charge in [-0.25, -0.2) is 0 Å². The van der Waals surface area contributed by atoms with Crippen LogP contribution < -0.4 is 0 Å². The monoisotopic (exact) mass is 281 g/mol. The van der Waals surface area contributed by atoms with Crippen LogP contribution in [0.2, 0.25) is 0 Å². The minimum atomic E-state index is 0.796. The van der Waals surface area contributed by atoms with Crippen molar-refractivity contribution < 1.29 is 0 Å². The highest BCUT2D eigenvalue weighted by Gasteiger charge is 2.27. The smallest absolute Gasteiger partial charge is 0.0459 e. The summed E-state index contributed by atoms with van der Waals surface area (Å²) in [5.41, 5.74) is 5.98. The molecule has 0 spiro atoms. The number of aryl methyl sites for hydroxylation is 2. The van der Waals surface area contributed by atoms with Crippen LogP contribution in [0.3, 0.4) is 0 Å². The standard InChI is InChI=1S/C20H27N/c1-14-10-11-19-18(12-14)17-9-5-8-16(20(17)21-19)13-15-6-3-2-4-7-15/h10-12,15-16,21H,2-9,13H2,1H3. The van der Waals surface area contributed by atoms with Crippen molar-refractivity contribution in [3.05, 3.63) is 35.0 Å². The number of rotatable bonds is 2. The Kier molecular flexibility index (Phi) is 3.52. The molecular weight excluding hydrogens is 254 g/mol. The van der Waals surface area contributed by atoms with Gasteiger partial charge >= 0.3 is 0 Å². The Morgan fingerprint density at radius 2 is 1.90 bits per heavy atom. The zero-order valence-corrected chi connectivity index (χ0v) is 13.3. The van der Waals surface area contributed by atoms with Crippen molar-refractivity contribution in [1.82, 2.24) is 4.98 Å². The number of benzene rings is 1. The molecule has 2 aliphatic rings. The molecule has 2 aromatic rings. The third-order valence-corrected chi connectivity index (χ3v) is 5.82. The first kappa shape index (κ1) is 13.4. The summed E-state index contributed by atoms with van der Waals surface area (Å²) in [4.78, 5) is 3.78. The lowest BCUT2D eigenvalue weighted by Gasteiger charge is -2.29. The van der Waals surface area contributed by atoms with Gasteiger partial charge in [0.2, 0.25) is 0 Å². The topological polar surface area (TPSA) is 15.8 Å². The number of aromatic nitrogens is 1. The number of fused-ring (bicyclic) bond motifs is 3. The van der Waals surface area contributed by atoms with E-state index in [0.717, 1.165) is 11.8 Å². The van der Waals surface area contributed by atoms with Crippen LogP contribution in [0.5, 0.6) is 0 Å². The SMILES string of the molecule is Cc1ccc2[nH]c3c(c2c1)CCCC3CC1CCCCC1. The van der Waals surface area contributed by atoms with E-state index in [0.29, 0.717) is 0 Å². The minimum absolute atomic E-state index is 0.796. The van der Waals surface area contributed by atoms with E-state index in [2.05, 4.69) is 30.1 Å². The third kappa shape index (κ3) is 2.52. The van der Waals surface area contributed by atoms with Crippen molar-refractivity contribution in [3.63, 3.8) is 0 Å². The van der Waals surface area contributed by atoms with Crippen LogP contribution in [0, 0.1) is 12.8 Å². The lowest BCUT2D eigenvalue weighted by Crippen LogP contribution is -2.15. The highest BCUT2D eigenvalue weighted by atomic mass is 14.7. The zero-order chi connectivity index (χ0) is 14.2. The van der Waals surface area contributed by atoms with E-state index in [1.165, 1.54) is 74.3 Å². The highest BCUT2D eigenvalue weighted by Crippen LogP contribution is 2.41. The Hall–Kier alpha value is -1.24. The van der Waals surface area contributed by atoms with E-state index in [1.54, 1.807) is 11.3 Å². The summed E-state index contributed by atoms with van der Waals surface area (Å²) in [5.74, 6) is 1.78. The van der Waals surface area contributed by atoms with E-state index < -0.39 is 0 Å². The second-order valence-corrected chi connectivity index (χ2v) is 7.40. The van der Waals surface area contributed by atoms with E-state index >= 15 is 0 Å². The van der Waals surface area contributed by atoms with Crippen molar-refractivity contribution in [2.45, 2.75) is 70.6 Å². The molecular formula is C20H27N. The predicted molar refractivity (Wildman–Crippen MR) is 89.9 cm³/mol. The fraction of sp³-hybridized carbons (Fsp3) is 0.600. The summed E-state index contributed by atoms with van der Waals surface area (Å²) >= 11 is 0. The number of aromatic amines is 1. The summed E-state index contributed by atoms with van der Waals surface area (Å²) < 4.78 is 0. The van der Waals surface area contributed by atoms with Crippen molar-refractivity contribution in [3.8, 4) is 0 Å². The first-order valence-corrected chi connectivity index (χ1v) is 8.92. The molecule has 2 aliphatic carbocycles. The third-order valence-electron chi connectivity index (χ3n) is 5.82. The van der Waals surface area contributed by atoms with Gasteiger partial charge in [0, 0.05) is 16.6 Å². The average Bonchev–Trinajstić information content (AvgIpc) is 2.88. The fourth-order valence-corrected chi connectivity index (χ4v) is 4.73. The first-order chi connectivity index (χ1) is 10.3. The molecule has 1 saturated carbocycles. The van der Waals surface area contributed by atoms with Crippen LogP contribution in [0.1, 0.15) is 74.1 Å². The average molecular weight is 281 g/mol. The summed E-state index contributed by atoms with van der Waals surface area (Å²) in [5, 5.41) is 1.50. The van der Waals surface area contributed by atoms with Gasteiger partial charge in [0.1, 0.15) is 0 Å². The van der Waals surface area contributed by atoms with E-state index in [1.807, 2.05) is 0 Å². The quantitative estimate of drug-likeness (QED) is 0.709. The van der Waals surface area contributed by atoms with Crippen molar-refractivity contribution in [2.24, 2.45) is 5.92 Å². The van der Waals surface area contributed by atoms with Crippen molar-refractivity contribution in [2.75, 3.05) is 0 Å². The van der Waals surface area contributed by atoms with Crippen molar-refractivity contribution in [1.29, 1.82) is 0 Å². The normalized spacial score (nSPS) is 23.4. The van der Waals surface area contributed by atoms with Gasteiger partial charge in [0.05, 0.1) is 0 Å². The fourth-order valence-electron chi connectivity index (χ4n) is 4.73. The van der Waals surface area contributed by atoms with Gasteiger partial charge in [-0.3, -0.25) is 0 Å². The van der Waals surface area contributed by atoms with Crippen LogP contribution in [0.4, 0.5) is 0 Å². The van der Waals surface area contributed by atoms with E-state index in [-0.39, 0.29) is 0 Å². The molecule has 0 saturated heterocycles. The molecule has 1 unspecified atom stereocenters. The molecule has 1 heteroatoms. The van der Waals surface area contributed by atoms with Crippen LogP contribution in [-0.4, -0.2) is 4.98 Å². The summed E-state index contributed by atoms with van der Waals surface area (Å²) in [6.07, 6.45) is 12.8. The summed E-state index contributed by atoms with van der Waals surface area (Å²) in [6.45, 7) is 2.21. The maximum atomic E-state index is 3.78.